The number of benzene rings is 1. The number of fused-ring (bicyclic) bond motifs is 1. The van der Waals surface area contributed by atoms with Crippen LogP contribution in [0.1, 0.15) is 34.4 Å². The minimum absolute atomic E-state index is 0.0159. The van der Waals surface area contributed by atoms with Gasteiger partial charge < -0.3 is 4.90 Å². The predicted octanol–water partition coefficient (Wildman–Crippen LogP) is 2.44. The van der Waals surface area contributed by atoms with Gasteiger partial charge in [-0.2, -0.15) is 0 Å². The summed E-state index contributed by atoms with van der Waals surface area (Å²) >= 11 is 1.64. The molecule has 3 heterocycles. The Balaban J connectivity index is 1.44. The van der Waals surface area contributed by atoms with E-state index in [0.717, 1.165) is 29.1 Å². The Morgan fingerprint density at radius 3 is 2.82 bits per heavy atom. The van der Waals surface area contributed by atoms with Crippen molar-refractivity contribution in [3.8, 4) is 0 Å². The maximum atomic E-state index is 12.8. The number of hydrogen-bond acceptors (Lipinski definition) is 5. The van der Waals surface area contributed by atoms with Gasteiger partial charge in [0.25, 0.3) is 5.56 Å². The highest BCUT2D eigenvalue weighted by molar-refractivity contribution is 7.09. The van der Waals surface area contributed by atoms with Crippen LogP contribution in [0, 0.1) is 0 Å². The fraction of sp³-hybridized carbons (Fsp3) is 0.333. The van der Waals surface area contributed by atoms with E-state index in [0.29, 0.717) is 31.7 Å². The molecule has 0 radical (unpaired) electrons. The van der Waals surface area contributed by atoms with E-state index in [2.05, 4.69) is 22.1 Å². The number of rotatable bonds is 5. The molecule has 0 N–H and O–H groups in total. The molecule has 1 aromatic carbocycles. The zero-order chi connectivity index (χ0) is 19.5. The monoisotopic (exact) mass is 394 g/mol. The molecule has 1 amide bonds. The molecule has 4 rings (SSSR count). The van der Waals surface area contributed by atoms with Gasteiger partial charge in [0.15, 0.2) is 0 Å². The third kappa shape index (κ3) is 4.04. The van der Waals surface area contributed by atoms with Gasteiger partial charge in [-0.05, 0) is 18.4 Å². The Kier molecular flexibility index (Phi) is 5.34. The Morgan fingerprint density at radius 1 is 1.21 bits per heavy atom. The largest absolute Gasteiger partial charge is 0.337 e. The maximum Gasteiger partial charge on any atom is 0.257 e. The van der Waals surface area contributed by atoms with Crippen molar-refractivity contribution >= 4 is 17.2 Å². The van der Waals surface area contributed by atoms with Crippen molar-refractivity contribution in [1.82, 2.24) is 19.4 Å². The summed E-state index contributed by atoms with van der Waals surface area (Å²) in [6, 6.07) is 10.4. The van der Waals surface area contributed by atoms with Crippen molar-refractivity contribution in [2.75, 3.05) is 6.54 Å². The Hall–Kier alpha value is -2.80. The molecule has 3 aromatic rings. The van der Waals surface area contributed by atoms with Gasteiger partial charge in [0.2, 0.25) is 5.91 Å². The van der Waals surface area contributed by atoms with Crippen molar-refractivity contribution in [2.45, 2.75) is 39.3 Å². The Labute approximate surface area is 167 Å². The van der Waals surface area contributed by atoms with Crippen molar-refractivity contribution in [2.24, 2.45) is 0 Å². The lowest BCUT2D eigenvalue weighted by atomic mass is 10.1. The smallest absolute Gasteiger partial charge is 0.257 e. The van der Waals surface area contributed by atoms with Crippen LogP contribution in [0.4, 0.5) is 0 Å². The van der Waals surface area contributed by atoms with Crippen LogP contribution in [0.5, 0.6) is 0 Å². The van der Waals surface area contributed by atoms with Crippen LogP contribution in [-0.4, -0.2) is 31.9 Å². The molecule has 0 saturated carbocycles. The zero-order valence-electron chi connectivity index (χ0n) is 15.8. The molecule has 1 aliphatic rings. The van der Waals surface area contributed by atoms with E-state index in [-0.39, 0.29) is 11.5 Å². The van der Waals surface area contributed by atoms with Gasteiger partial charge in [0, 0.05) is 30.8 Å². The second-order valence-electron chi connectivity index (χ2n) is 7.01. The van der Waals surface area contributed by atoms with Gasteiger partial charge in [-0.3, -0.25) is 14.2 Å². The first-order valence-electron chi connectivity index (χ1n) is 9.40. The van der Waals surface area contributed by atoms with E-state index in [1.54, 1.807) is 34.1 Å². The molecule has 1 aliphatic heterocycles. The van der Waals surface area contributed by atoms with Crippen LogP contribution in [0.15, 0.2) is 46.8 Å². The SMILES string of the molecule is CC(=O)N1CCc2c(ncn(Cc3csc(CCc4ccccc4)n3)c2=O)C1. The van der Waals surface area contributed by atoms with E-state index in [4.69, 9.17) is 0 Å². The second kappa shape index (κ2) is 8.06. The van der Waals surface area contributed by atoms with Crippen molar-refractivity contribution in [3.63, 3.8) is 0 Å². The fourth-order valence-electron chi connectivity index (χ4n) is 3.45. The number of carbonyl (C=O) groups is 1. The summed E-state index contributed by atoms with van der Waals surface area (Å²) in [6.07, 6.45) is 3.99. The van der Waals surface area contributed by atoms with Crippen molar-refractivity contribution in [3.05, 3.63) is 79.9 Å². The lowest BCUT2D eigenvalue weighted by Gasteiger charge is -2.26. The summed E-state index contributed by atoms with van der Waals surface area (Å²) in [4.78, 5) is 35.2. The summed E-state index contributed by atoms with van der Waals surface area (Å²) in [5.74, 6) is 0.0159. The topological polar surface area (TPSA) is 68.1 Å². The number of aromatic nitrogens is 3. The minimum Gasteiger partial charge on any atom is -0.337 e. The summed E-state index contributed by atoms with van der Waals surface area (Å²) in [6.45, 7) is 2.96. The standard InChI is InChI=1S/C21H22N4O2S/c1-15(26)24-10-9-18-19(12-24)22-14-25(21(18)27)11-17-13-28-20(23-17)8-7-16-5-3-2-4-6-16/h2-6,13-14H,7-12H2,1H3. The summed E-state index contributed by atoms with van der Waals surface area (Å²) in [5.41, 5.74) is 3.60. The highest BCUT2D eigenvalue weighted by Gasteiger charge is 2.22. The third-order valence-corrected chi connectivity index (χ3v) is 6.00. The summed E-state index contributed by atoms with van der Waals surface area (Å²) in [5, 5.41) is 3.10. The normalized spacial score (nSPS) is 13.4. The van der Waals surface area contributed by atoms with Crippen LogP contribution in [0.2, 0.25) is 0 Å². The number of amides is 1. The Morgan fingerprint density at radius 2 is 2.04 bits per heavy atom. The van der Waals surface area contributed by atoms with Gasteiger partial charge in [-0.15, -0.1) is 11.3 Å². The molecule has 2 aromatic heterocycles. The highest BCUT2D eigenvalue weighted by atomic mass is 32.1. The van der Waals surface area contributed by atoms with Crippen LogP contribution < -0.4 is 5.56 Å². The summed E-state index contributed by atoms with van der Waals surface area (Å²) in [7, 11) is 0. The molecule has 0 saturated heterocycles. The number of nitrogens with zero attached hydrogens (tertiary/aromatic N) is 4. The third-order valence-electron chi connectivity index (χ3n) is 5.04. The molecule has 0 unspecified atom stereocenters. The van der Waals surface area contributed by atoms with Gasteiger partial charge in [-0.25, -0.2) is 9.97 Å². The predicted molar refractivity (Wildman–Crippen MR) is 108 cm³/mol. The quantitative estimate of drug-likeness (QED) is 0.667. The first kappa shape index (κ1) is 18.6. The number of carbonyl (C=O) groups excluding carboxylic acids is 1. The van der Waals surface area contributed by atoms with Gasteiger partial charge >= 0.3 is 0 Å². The number of aryl methyl sites for hydroxylation is 2. The van der Waals surface area contributed by atoms with Crippen molar-refractivity contribution in [1.29, 1.82) is 0 Å². The molecule has 0 aliphatic carbocycles. The lowest BCUT2D eigenvalue weighted by Crippen LogP contribution is -2.39. The van der Waals surface area contributed by atoms with Crippen LogP contribution in [-0.2, 0) is 37.1 Å². The molecule has 0 bridgehead atoms. The average Bonchev–Trinajstić information content (AvgIpc) is 3.16. The molecule has 7 heteroatoms. The number of hydrogen-bond donors (Lipinski definition) is 0. The van der Waals surface area contributed by atoms with Crippen molar-refractivity contribution < 1.29 is 4.79 Å². The number of thiazole rings is 1. The van der Waals surface area contributed by atoms with E-state index in [1.165, 1.54) is 5.56 Å². The van der Waals surface area contributed by atoms with Gasteiger partial charge in [0.05, 0.1) is 35.8 Å². The minimum atomic E-state index is -0.0213. The van der Waals surface area contributed by atoms with E-state index in [1.807, 2.05) is 23.6 Å². The van der Waals surface area contributed by atoms with Crippen LogP contribution >= 0.6 is 11.3 Å². The molecule has 144 valence electrons. The average molecular weight is 395 g/mol. The first-order chi connectivity index (χ1) is 13.6. The molecule has 28 heavy (non-hydrogen) atoms. The van der Waals surface area contributed by atoms with E-state index < -0.39 is 0 Å². The van der Waals surface area contributed by atoms with Crippen LogP contribution in [0.3, 0.4) is 0 Å². The maximum absolute atomic E-state index is 12.8. The van der Waals surface area contributed by atoms with E-state index in [9.17, 15) is 9.59 Å². The van der Waals surface area contributed by atoms with Gasteiger partial charge in [-0.1, -0.05) is 30.3 Å². The first-order valence-corrected chi connectivity index (χ1v) is 10.3. The molecule has 0 fully saturated rings. The summed E-state index contributed by atoms with van der Waals surface area (Å²) < 4.78 is 1.62. The second-order valence-corrected chi connectivity index (χ2v) is 7.95. The molecule has 0 spiro atoms. The Bertz CT molecular complexity index is 1040. The van der Waals surface area contributed by atoms with E-state index >= 15 is 0 Å². The van der Waals surface area contributed by atoms with Crippen LogP contribution in [0.25, 0.3) is 0 Å². The lowest BCUT2D eigenvalue weighted by molar-refractivity contribution is -0.129. The molecular formula is C21H22N4O2S. The molecular weight excluding hydrogens is 372 g/mol. The van der Waals surface area contributed by atoms with Gasteiger partial charge in [0.1, 0.15) is 0 Å². The highest BCUT2D eigenvalue weighted by Crippen LogP contribution is 2.16. The molecule has 6 nitrogen and oxygen atoms in total. The fourth-order valence-corrected chi connectivity index (χ4v) is 4.24. The molecule has 0 atom stereocenters. The zero-order valence-corrected chi connectivity index (χ0v) is 16.6.